The molecule has 0 aromatic heterocycles. The summed E-state index contributed by atoms with van der Waals surface area (Å²) in [4.78, 5) is 25.1. The standard InChI is InChI=1S/C53H90O5/c1-4-7-10-13-15-17-19-21-23-25-27-28-30-32-34-36-38-41-43-46-52(54)57-50-51(58-53(55)47-44-40-12-9-6-3)49-56-48-45-42-39-37-35-33-31-29-26-24-22-20-18-16-14-11-8-5-2/h8,11,15-18,21-24,29,31,35,37,51H,4-7,9-10,12-14,19-20,25-28,30,32-34,36,38-50H2,1-3H3/b11-8-,17-15-,18-16-,23-21-,24-22-,31-29-,37-35-. The zero-order valence-corrected chi connectivity index (χ0v) is 38.0. The molecular weight excluding hydrogens is 717 g/mol. The first-order chi connectivity index (χ1) is 28.6. The summed E-state index contributed by atoms with van der Waals surface area (Å²) in [6, 6.07) is 0. The first-order valence-corrected chi connectivity index (χ1v) is 24.1. The van der Waals surface area contributed by atoms with E-state index >= 15 is 0 Å². The molecule has 0 heterocycles. The molecule has 0 spiro atoms. The van der Waals surface area contributed by atoms with E-state index in [0.717, 1.165) is 96.3 Å². The quantitative estimate of drug-likeness (QED) is 0.0349. The highest BCUT2D eigenvalue weighted by atomic mass is 16.6. The van der Waals surface area contributed by atoms with Gasteiger partial charge in [0.25, 0.3) is 0 Å². The van der Waals surface area contributed by atoms with Gasteiger partial charge in [0, 0.05) is 19.4 Å². The van der Waals surface area contributed by atoms with Gasteiger partial charge in [-0.05, 0) is 96.3 Å². The minimum Gasteiger partial charge on any atom is -0.462 e. The minimum absolute atomic E-state index is 0.0619. The van der Waals surface area contributed by atoms with Gasteiger partial charge in [-0.2, -0.15) is 0 Å². The number of hydrogen-bond acceptors (Lipinski definition) is 5. The van der Waals surface area contributed by atoms with E-state index in [1.165, 1.54) is 83.5 Å². The van der Waals surface area contributed by atoms with Crippen molar-refractivity contribution in [3.63, 3.8) is 0 Å². The second kappa shape index (κ2) is 48.4. The van der Waals surface area contributed by atoms with Crippen LogP contribution in [0.25, 0.3) is 0 Å². The van der Waals surface area contributed by atoms with E-state index in [1.54, 1.807) is 0 Å². The van der Waals surface area contributed by atoms with Crippen LogP contribution in [0.4, 0.5) is 0 Å². The van der Waals surface area contributed by atoms with E-state index in [2.05, 4.69) is 106 Å². The van der Waals surface area contributed by atoms with Crippen molar-refractivity contribution in [2.75, 3.05) is 19.8 Å². The van der Waals surface area contributed by atoms with Crippen LogP contribution in [0.3, 0.4) is 0 Å². The van der Waals surface area contributed by atoms with Gasteiger partial charge in [0.1, 0.15) is 6.61 Å². The highest BCUT2D eigenvalue weighted by Gasteiger charge is 2.17. The number of hydrogen-bond donors (Lipinski definition) is 0. The lowest BCUT2D eigenvalue weighted by atomic mass is 10.1. The van der Waals surface area contributed by atoms with E-state index < -0.39 is 6.10 Å². The van der Waals surface area contributed by atoms with Crippen LogP contribution in [0, 0.1) is 0 Å². The van der Waals surface area contributed by atoms with Gasteiger partial charge in [-0.1, -0.05) is 189 Å². The Labute approximate surface area is 359 Å². The molecule has 0 radical (unpaired) electrons. The fourth-order valence-electron chi connectivity index (χ4n) is 6.33. The highest BCUT2D eigenvalue weighted by molar-refractivity contribution is 5.70. The molecule has 5 heteroatoms. The maximum absolute atomic E-state index is 12.6. The van der Waals surface area contributed by atoms with E-state index in [0.29, 0.717) is 19.4 Å². The Morgan fingerprint density at radius 2 is 0.776 bits per heavy atom. The molecule has 5 nitrogen and oxygen atoms in total. The molecular formula is C53H90O5. The van der Waals surface area contributed by atoms with E-state index in [-0.39, 0.29) is 25.2 Å². The monoisotopic (exact) mass is 807 g/mol. The summed E-state index contributed by atoms with van der Waals surface area (Å²) in [6.45, 7) is 7.51. The summed E-state index contributed by atoms with van der Waals surface area (Å²) in [7, 11) is 0. The minimum atomic E-state index is -0.559. The summed E-state index contributed by atoms with van der Waals surface area (Å²) in [5, 5.41) is 0. The Morgan fingerprint density at radius 3 is 1.28 bits per heavy atom. The van der Waals surface area contributed by atoms with Gasteiger partial charge in [-0.25, -0.2) is 0 Å². The largest absolute Gasteiger partial charge is 0.462 e. The molecule has 0 fully saturated rings. The van der Waals surface area contributed by atoms with Gasteiger partial charge in [-0.3, -0.25) is 9.59 Å². The molecule has 0 aromatic rings. The Bertz CT molecular complexity index is 1090. The fraction of sp³-hybridized carbons (Fsp3) is 0.698. The molecule has 0 aliphatic rings. The number of allylic oxidation sites excluding steroid dienone is 14. The average molecular weight is 807 g/mol. The van der Waals surface area contributed by atoms with Crippen LogP contribution in [0.5, 0.6) is 0 Å². The van der Waals surface area contributed by atoms with Crippen LogP contribution >= 0.6 is 0 Å². The van der Waals surface area contributed by atoms with Crippen LogP contribution < -0.4 is 0 Å². The zero-order valence-electron chi connectivity index (χ0n) is 38.0. The van der Waals surface area contributed by atoms with Crippen LogP contribution in [0.1, 0.15) is 213 Å². The van der Waals surface area contributed by atoms with Crippen molar-refractivity contribution in [2.45, 2.75) is 219 Å². The molecule has 0 N–H and O–H groups in total. The maximum Gasteiger partial charge on any atom is 0.306 e. The highest BCUT2D eigenvalue weighted by Crippen LogP contribution is 2.13. The molecule has 1 unspecified atom stereocenters. The third-order valence-electron chi connectivity index (χ3n) is 9.92. The molecule has 0 aliphatic carbocycles. The number of ether oxygens (including phenoxy) is 3. The molecule has 332 valence electrons. The van der Waals surface area contributed by atoms with Crippen LogP contribution in [-0.2, 0) is 23.8 Å². The third kappa shape index (κ3) is 45.8. The smallest absolute Gasteiger partial charge is 0.306 e. The molecule has 0 aromatic carbocycles. The second-order valence-corrected chi connectivity index (χ2v) is 15.6. The van der Waals surface area contributed by atoms with Crippen molar-refractivity contribution in [1.82, 2.24) is 0 Å². The molecule has 58 heavy (non-hydrogen) atoms. The number of rotatable bonds is 43. The van der Waals surface area contributed by atoms with E-state index in [1.807, 2.05) is 0 Å². The van der Waals surface area contributed by atoms with Crippen molar-refractivity contribution in [3.05, 3.63) is 85.1 Å². The van der Waals surface area contributed by atoms with Crippen molar-refractivity contribution in [3.8, 4) is 0 Å². The van der Waals surface area contributed by atoms with Gasteiger partial charge >= 0.3 is 11.9 Å². The van der Waals surface area contributed by atoms with E-state index in [9.17, 15) is 9.59 Å². The SMILES string of the molecule is CC/C=C\C/C=C\C/C=C\C/C=C\C/C=C\CCCCOCC(COC(=O)CCCCCCCCCCC/C=C\C/C=C\CCCCC)OC(=O)CCCCCCC. The lowest BCUT2D eigenvalue weighted by molar-refractivity contribution is -0.163. The van der Waals surface area contributed by atoms with Crippen molar-refractivity contribution in [1.29, 1.82) is 0 Å². The molecule has 0 aliphatic heterocycles. The van der Waals surface area contributed by atoms with Crippen molar-refractivity contribution in [2.24, 2.45) is 0 Å². The van der Waals surface area contributed by atoms with Gasteiger partial charge in [-0.15, -0.1) is 0 Å². The Balaban J connectivity index is 4.12. The summed E-state index contributed by atoms with van der Waals surface area (Å²) in [5.74, 6) is -0.442. The average Bonchev–Trinajstić information content (AvgIpc) is 3.22. The Kier molecular flexibility index (Phi) is 46.0. The molecule has 0 bridgehead atoms. The molecule has 0 saturated carbocycles. The Morgan fingerprint density at radius 1 is 0.397 bits per heavy atom. The van der Waals surface area contributed by atoms with Gasteiger partial charge in [0.15, 0.2) is 6.10 Å². The number of unbranched alkanes of at least 4 members (excludes halogenated alkanes) is 18. The maximum atomic E-state index is 12.6. The van der Waals surface area contributed by atoms with Gasteiger partial charge < -0.3 is 14.2 Å². The Hall–Kier alpha value is -2.92. The number of carbonyl (C=O) groups excluding carboxylic acids is 2. The van der Waals surface area contributed by atoms with Crippen LogP contribution in [-0.4, -0.2) is 37.9 Å². The summed E-state index contributed by atoms with van der Waals surface area (Å²) >= 11 is 0. The summed E-state index contributed by atoms with van der Waals surface area (Å²) in [5.41, 5.74) is 0. The van der Waals surface area contributed by atoms with Crippen molar-refractivity contribution < 1.29 is 23.8 Å². The van der Waals surface area contributed by atoms with E-state index in [4.69, 9.17) is 14.2 Å². The van der Waals surface area contributed by atoms with Gasteiger partial charge in [0.05, 0.1) is 6.61 Å². The molecule has 1 atom stereocenters. The van der Waals surface area contributed by atoms with Crippen LogP contribution in [0.15, 0.2) is 85.1 Å². The first kappa shape index (κ1) is 55.1. The fourth-order valence-corrected chi connectivity index (χ4v) is 6.33. The van der Waals surface area contributed by atoms with Gasteiger partial charge in [0.2, 0.25) is 0 Å². The number of carbonyl (C=O) groups is 2. The van der Waals surface area contributed by atoms with Crippen molar-refractivity contribution >= 4 is 11.9 Å². The lowest BCUT2D eigenvalue weighted by Gasteiger charge is -2.18. The normalized spacial score (nSPS) is 12.9. The predicted molar refractivity (Wildman–Crippen MR) is 251 cm³/mol. The first-order valence-electron chi connectivity index (χ1n) is 24.1. The van der Waals surface area contributed by atoms with Crippen LogP contribution in [0.2, 0.25) is 0 Å². The molecule has 0 rings (SSSR count). The topological polar surface area (TPSA) is 61.8 Å². The summed E-state index contributed by atoms with van der Waals surface area (Å²) in [6.07, 6.45) is 63.3. The lowest BCUT2D eigenvalue weighted by Crippen LogP contribution is -2.30. The second-order valence-electron chi connectivity index (χ2n) is 15.6. The number of esters is 2. The predicted octanol–water partition coefficient (Wildman–Crippen LogP) is 16.1. The molecule has 0 saturated heterocycles. The zero-order chi connectivity index (χ0) is 42.1. The summed E-state index contributed by atoms with van der Waals surface area (Å²) < 4.78 is 17.2. The third-order valence-corrected chi connectivity index (χ3v) is 9.92. The molecule has 0 amide bonds.